The summed E-state index contributed by atoms with van der Waals surface area (Å²) >= 11 is 6.02. The molecule has 2 heterocycles. The van der Waals surface area contributed by atoms with Crippen LogP contribution in [0.2, 0.25) is 5.02 Å². The Balaban J connectivity index is 1.78. The average molecular weight is 377 g/mol. The number of pyridine rings is 1. The van der Waals surface area contributed by atoms with Crippen molar-refractivity contribution in [2.45, 2.75) is 18.4 Å². The van der Waals surface area contributed by atoms with Crippen LogP contribution >= 0.6 is 11.6 Å². The van der Waals surface area contributed by atoms with Gasteiger partial charge in [-0.2, -0.15) is 5.10 Å². The summed E-state index contributed by atoms with van der Waals surface area (Å²) in [6, 6.07) is 10.3. The smallest absolute Gasteiger partial charge is 0.240 e. The number of halogens is 1. The molecule has 1 N–H and O–H groups in total. The van der Waals surface area contributed by atoms with E-state index in [2.05, 4.69) is 14.8 Å². The van der Waals surface area contributed by atoms with Crippen LogP contribution < -0.4 is 4.72 Å². The molecular formula is C17H17ClN4O2S. The van der Waals surface area contributed by atoms with Crippen LogP contribution in [0.25, 0.3) is 11.3 Å². The van der Waals surface area contributed by atoms with Crippen molar-refractivity contribution in [3.63, 3.8) is 0 Å². The van der Waals surface area contributed by atoms with Crippen molar-refractivity contribution in [3.05, 3.63) is 65.1 Å². The third-order valence-corrected chi connectivity index (χ3v) is 5.61. The number of aryl methyl sites for hydroxylation is 2. The number of nitrogens with zero attached hydrogens (tertiary/aromatic N) is 3. The van der Waals surface area contributed by atoms with E-state index >= 15 is 0 Å². The number of hydrogen-bond acceptors (Lipinski definition) is 4. The first-order chi connectivity index (χ1) is 11.9. The van der Waals surface area contributed by atoms with Crippen molar-refractivity contribution in [2.75, 3.05) is 0 Å². The van der Waals surface area contributed by atoms with Crippen LogP contribution in [0.4, 0.5) is 0 Å². The number of nitrogens with one attached hydrogen (secondary N) is 1. The summed E-state index contributed by atoms with van der Waals surface area (Å²) in [4.78, 5) is 4.12. The van der Waals surface area contributed by atoms with Crippen LogP contribution in [0.5, 0.6) is 0 Å². The zero-order valence-electron chi connectivity index (χ0n) is 13.8. The second-order valence-electron chi connectivity index (χ2n) is 5.62. The lowest BCUT2D eigenvalue weighted by Gasteiger charge is -2.06. The van der Waals surface area contributed by atoms with Crippen molar-refractivity contribution < 1.29 is 8.42 Å². The lowest BCUT2D eigenvalue weighted by atomic mass is 10.2. The highest BCUT2D eigenvalue weighted by Crippen LogP contribution is 2.21. The van der Waals surface area contributed by atoms with Crippen LogP contribution in [0.1, 0.15) is 11.3 Å². The van der Waals surface area contributed by atoms with Crippen LogP contribution in [0, 0.1) is 6.92 Å². The first-order valence-corrected chi connectivity index (χ1v) is 9.42. The molecule has 0 atom stereocenters. The predicted octanol–water partition coefficient (Wildman–Crippen LogP) is 2.92. The predicted molar refractivity (Wildman–Crippen MR) is 96.7 cm³/mol. The molecule has 0 spiro atoms. The molecule has 3 aromatic rings. The summed E-state index contributed by atoms with van der Waals surface area (Å²) in [7, 11) is -1.85. The minimum Gasteiger partial charge on any atom is -0.268 e. The molecule has 0 radical (unpaired) electrons. The van der Waals surface area contributed by atoms with Crippen LogP contribution in [-0.4, -0.2) is 23.2 Å². The second-order valence-corrected chi connectivity index (χ2v) is 7.79. The lowest BCUT2D eigenvalue weighted by molar-refractivity contribution is 0.579. The van der Waals surface area contributed by atoms with Gasteiger partial charge in [-0.1, -0.05) is 17.7 Å². The van der Waals surface area contributed by atoms with Gasteiger partial charge in [-0.3, -0.25) is 9.67 Å². The Labute approximate surface area is 151 Å². The third kappa shape index (κ3) is 3.89. The standard InChI is InChI=1S/C17H17ClN4O2S/c1-12-3-4-15(10-16(12)18)25(23,24)20-11-14-9-17(22(2)21-14)13-5-7-19-8-6-13/h3-10,20H,11H2,1-2H3. The first kappa shape index (κ1) is 17.6. The van der Waals surface area contributed by atoms with Gasteiger partial charge in [0.15, 0.2) is 0 Å². The molecule has 0 bridgehead atoms. The van der Waals surface area contributed by atoms with E-state index in [9.17, 15) is 8.42 Å². The number of aromatic nitrogens is 3. The Morgan fingerprint density at radius 1 is 1.16 bits per heavy atom. The summed E-state index contributed by atoms with van der Waals surface area (Å²) in [5.41, 5.74) is 3.29. The normalized spacial score (nSPS) is 11.6. The molecule has 0 unspecified atom stereocenters. The average Bonchev–Trinajstić information content (AvgIpc) is 2.97. The molecule has 0 saturated heterocycles. The Morgan fingerprint density at radius 3 is 2.56 bits per heavy atom. The van der Waals surface area contributed by atoms with Gasteiger partial charge in [-0.05, 0) is 42.8 Å². The maximum Gasteiger partial charge on any atom is 0.240 e. The fourth-order valence-electron chi connectivity index (χ4n) is 2.40. The third-order valence-electron chi connectivity index (χ3n) is 3.80. The van der Waals surface area contributed by atoms with Crippen molar-refractivity contribution >= 4 is 21.6 Å². The van der Waals surface area contributed by atoms with Crippen LogP contribution in [0.3, 0.4) is 0 Å². The van der Waals surface area contributed by atoms with Gasteiger partial charge in [0, 0.05) is 30.0 Å². The molecule has 130 valence electrons. The molecular weight excluding hydrogens is 360 g/mol. The SMILES string of the molecule is Cc1ccc(S(=O)(=O)NCc2cc(-c3ccncc3)n(C)n2)cc1Cl. The van der Waals surface area contributed by atoms with E-state index in [4.69, 9.17) is 11.6 Å². The minimum absolute atomic E-state index is 0.0900. The molecule has 0 fully saturated rings. The summed E-state index contributed by atoms with van der Waals surface area (Å²) in [6.07, 6.45) is 3.40. The quantitative estimate of drug-likeness (QED) is 0.742. The van der Waals surface area contributed by atoms with E-state index in [0.29, 0.717) is 10.7 Å². The molecule has 0 saturated carbocycles. The highest BCUT2D eigenvalue weighted by Gasteiger charge is 2.16. The number of rotatable bonds is 5. The first-order valence-electron chi connectivity index (χ1n) is 7.56. The Morgan fingerprint density at radius 2 is 1.88 bits per heavy atom. The monoisotopic (exact) mass is 376 g/mol. The second kappa shape index (κ2) is 6.95. The van der Waals surface area contributed by atoms with Crippen molar-refractivity contribution in [1.29, 1.82) is 0 Å². The fraction of sp³-hybridized carbons (Fsp3) is 0.176. The number of sulfonamides is 1. The Bertz CT molecular complexity index is 1000. The lowest BCUT2D eigenvalue weighted by Crippen LogP contribution is -2.23. The molecule has 6 nitrogen and oxygen atoms in total. The van der Waals surface area contributed by atoms with Crippen LogP contribution in [0.15, 0.2) is 53.7 Å². The molecule has 0 aliphatic rings. The number of hydrogen-bond donors (Lipinski definition) is 1. The van der Waals surface area contributed by atoms with Gasteiger partial charge in [0.05, 0.1) is 22.8 Å². The van der Waals surface area contributed by atoms with Gasteiger partial charge in [0.25, 0.3) is 0 Å². The van der Waals surface area contributed by atoms with Crippen molar-refractivity contribution in [1.82, 2.24) is 19.5 Å². The highest BCUT2D eigenvalue weighted by molar-refractivity contribution is 7.89. The maximum absolute atomic E-state index is 12.4. The van der Waals surface area contributed by atoms with Gasteiger partial charge in [-0.25, -0.2) is 13.1 Å². The summed E-state index contributed by atoms with van der Waals surface area (Å²) in [6.45, 7) is 1.91. The molecule has 3 rings (SSSR count). The molecule has 8 heteroatoms. The van der Waals surface area contributed by atoms with Crippen molar-refractivity contribution in [2.24, 2.45) is 7.05 Å². The summed E-state index contributed by atoms with van der Waals surface area (Å²) in [5.74, 6) is 0. The van der Waals surface area contributed by atoms with Gasteiger partial charge in [0.2, 0.25) is 10.0 Å². The molecule has 0 aliphatic heterocycles. The topological polar surface area (TPSA) is 76.9 Å². The van der Waals surface area contributed by atoms with Gasteiger partial charge >= 0.3 is 0 Å². The van der Waals surface area contributed by atoms with Crippen molar-refractivity contribution in [3.8, 4) is 11.3 Å². The maximum atomic E-state index is 12.4. The molecule has 0 amide bonds. The molecule has 25 heavy (non-hydrogen) atoms. The summed E-state index contributed by atoms with van der Waals surface area (Å²) < 4.78 is 29.1. The fourth-order valence-corrected chi connectivity index (χ4v) is 3.67. The minimum atomic E-state index is -3.66. The van der Waals surface area contributed by atoms with E-state index < -0.39 is 10.0 Å². The molecule has 1 aromatic carbocycles. The van der Waals surface area contributed by atoms with Crippen LogP contribution in [-0.2, 0) is 23.6 Å². The van der Waals surface area contributed by atoms with Gasteiger partial charge in [0.1, 0.15) is 0 Å². The molecule has 2 aromatic heterocycles. The molecule has 0 aliphatic carbocycles. The Hall–Kier alpha value is -2.22. The largest absolute Gasteiger partial charge is 0.268 e. The van der Waals surface area contributed by atoms with Gasteiger partial charge < -0.3 is 0 Å². The van der Waals surface area contributed by atoms with E-state index in [-0.39, 0.29) is 11.4 Å². The summed E-state index contributed by atoms with van der Waals surface area (Å²) in [5, 5.41) is 4.78. The zero-order valence-corrected chi connectivity index (χ0v) is 15.3. The van der Waals surface area contributed by atoms with E-state index in [1.807, 2.05) is 32.2 Å². The number of benzene rings is 1. The van der Waals surface area contributed by atoms with E-state index in [1.54, 1.807) is 23.1 Å². The van der Waals surface area contributed by atoms with E-state index in [1.165, 1.54) is 12.1 Å². The highest BCUT2D eigenvalue weighted by atomic mass is 35.5. The van der Waals surface area contributed by atoms with E-state index in [0.717, 1.165) is 16.8 Å². The zero-order chi connectivity index (χ0) is 18.0. The van der Waals surface area contributed by atoms with Gasteiger partial charge in [-0.15, -0.1) is 0 Å². The Kier molecular flexibility index (Phi) is 4.89.